The molecular weight excluding hydrogens is 314 g/mol. The lowest BCUT2D eigenvalue weighted by atomic mass is 9.77. The molecule has 0 radical (unpaired) electrons. The summed E-state index contributed by atoms with van der Waals surface area (Å²) in [6.07, 6.45) is 0.335. The molecule has 0 aliphatic carbocycles. The number of rotatable bonds is 5. The molecule has 21 heavy (non-hydrogen) atoms. The van der Waals surface area contributed by atoms with E-state index in [9.17, 15) is 14.6 Å². The van der Waals surface area contributed by atoms with Crippen LogP contribution in [0.3, 0.4) is 0 Å². The molecule has 0 bridgehead atoms. The summed E-state index contributed by atoms with van der Waals surface area (Å²) in [6, 6.07) is 11.3. The molecule has 0 aromatic heterocycles. The summed E-state index contributed by atoms with van der Waals surface area (Å²) in [4.78, 5) is 0. The molecule has 0 saturated heterocycles. The molecule has 0 spiro atoms. The minimum atomic E-state index is -0.869. The zero-order chi connectivity index (χ0) is 15.5. The van der Waals surface area contributed by atoms with Gasteiger partial charge in [0, 0.05) is 10.4 Å². The zero-order valence-corrected chi connectivity index (χ0v) is 12.7. The van der Waals surface area contributed by atoms with Gasteiger partial charge in [0.25, 0.3) is 0 Å². The SMILES string of the molecule is OCC(CO)(Cc1ccc(F)c(Cl)c1)c1ccc(Cl)cc1. The van der Waals surface area contributed by atoms with E-state index in [2.05, 4.69) is 0 Å². The van der Waals surface area contributed by atoms with Gasteiger partial charge in [-0.25, -0.2) is 4.39 Å². The van der Waals surface area contributed by atoms with Crippen LogP contribution in [-0.2, 0) is 11.8 Å². The maximum Gasteiger partial charge on any atom is 0.141 e. The van der Waals surface area contributed by atoms with E-state index in [0.29, 0.717) is 11.4 Å². The molecule has 5 heteroatoms. The van der Waals surface area contributed by atoms with Gasteiger partial charge >= 0.3 is 0 Å². The van der Waals surface area contributed by atoms with Gasteiger partial charge in [0.15, 0.2) is 0 Å². The van der Waals surface area contributed by atoms with Gasteiger partial charge in [-0.2, -0.15) is 0 Å². The summed E-state index contributed by atoms with van der Waals surface area (Å²) < 4.78 is 13.2. The second kappa shape index (κ2) is 6.75. The predicted molar refractivity (Wildman–Crippen MR) is 82.4 cm³/mol. The molecule has 0 amide bonds. The molecular formula is C16H15Cl2FO2. The molecule has 2 nitrogen and oxygen atoms in total. The average molecular weight is 329 g/mol. The maximum atomic E-state index is 13.2. The number of benzene rings is 2. The third-order valence-corrected chi connectivity index (χ3v) is 4.13. The molecule has 0 unspecified atom stereocenters. The van der Waals surface area contributed by atoms with E-state index in [-0.39, 0.29) is 18.2 Å². The Morgan fingerprint density at radius 3 is 2.10 bits per heavy atom. The summed E-state index contributed by atoms with van der Waals surface area (Å²) in [5.74, 6) is -0.495. The highest BCUT2D eigenvalue weighted by molar-refractivity contribution is 6.31. The Kier molecular flexibility index (Phi) is 5.22. The number of aliphatic hydroxyl groups excluding tert-OH is 2. The summed E-state index contributed by atoms with van der Waals surface area (Å²) in [6.45, 7) is -0.500. The van der Waals surface area contributed by atoms with E-state index in [1.165, 1.54) is 12.1 Å². The van der Waals surface area contributed by atoms with Crippen molar-refractivity contribution in [1.82, 2.24) is 0 Å². The second-order valence-corrected chi connectivity index (χ2v) is 5.87. The number of aliphatic hydroxyl groups is 2. The first-order valence-electron chi connectivity index (χ1n) is 6.42. The fourth-order valence-electron chi connectivity index (χ4n) is 2.29. The largest absolute Gasteiger partial charge is 0.395 e. The zero-order valence-electron chi connectivity index (χ0n) is 11.2. The van der Waals surface area contributed by atoms with Gasteiger partial charge in [-0.1, -0.05) is 41.4 Å². The first-order valence-corrected chi connectivity index (χ1v) is 7.18. The van der Waals surface area contributed by atoms with Crippen LogP contribution in [0.15, 0.2) is 42.5 Å². The van der Waals surface area contributed by atoms with Gasteiger partial charge in [0.2, 0.25) is 0 Å². The van der Waals surface area contributed by atoms with Crippen molar-refractivity contribution in [3.8, 4) is 0 Å². The van der Waals surface area contributed by atoms with Gasteiger partial charge < -0.3 is 10.2 Å². The number of hydrogen-bond donors (Lipinski definition) is 2. The first-order chi connectivity index (χ1) is 10.0. The number of hydrogen-bond acceptors (Lipinski definition) is 2. The van der Waals surface area contributed by atoms with Crippen molar-refractivity contribution in [3.63, 3.8) is 0 Å². The van der Waals surface area contributed by atoms with Crippen molar-refractivity contribution < 1.29 is 14.6 Å². The summed E-state index contributed by atoms with van der Waals surface area (Å²) >= 11 is 11.6. The van der Waals surface area contributed by atoms with Crippen LogP contribution in [0, 0.1) is 5.82 Å². The molecule has 2 aromatic rings. The Hall–Kier alpha value is -1.13. The van der Waals surface area contributed by atoms with Crippen LogP contribution < -0.4 is 0 Å². The lowest BCUT2D eigenvalue weighted by molar-refractivity contribution is 0.116. The molecule has 2 aromatic carbocycles. The topological polar surface area (TPSA) is 40.5 Å². The normalized spacial score (nSPS) is 11.7. The summed E-state index contributed by atoms with van der Waals surface area (Å²) in [7, 11) is 0. The first kappa shape index (κ1) is 16.2. The molecule has 0 fully saturated rings. The van der Waals surface area contributed by atoms with Crippen LogP contribution in [0.2, 0.25) is 10.0 Å². The fraction of sp³-hybridized carbons (Fsp3) is 0.250. The van der Waals surface area contributed by atoms with Crippen molar-refractivity contribution >= 4 is 23.2 Å². The number of halogens is 3. The molecule has 0 heterocycles. The van der Waals surface area contributed by atoms with Crippen LogP contribution in [-0.4, -0.2) is 23.4 Å². The lowest BCUT2D eigenvalue weighted by Crippen LogP contribution is -2.37. The van der Waals surface area contributed by atoms with Gasteiger partial charge in [0.1, 0.15) is 5.82 Å². The average Bonchev–Trinajstić information content (AvgIpc) is 2.49. The van der Waals surface area contributed by atoms with Crippen LogP contribution in [0.25, 0.3) is 0 Å². The van der Waals surface area contributed by atoms with E-state index in [1.807, 2.05) is 0 Å². The summed E-state index contributed by atoms with van der Waals surface area (Å²) in [5.41, 5.74) is 0.628. The van der Waals surface area contributed by atoms with Gasteiger partial charge in [-0.15, -0.1) is 0 Å². The molecule has 112 valence electrons. The Bertz CT molecular complexity index is 610. The van der Waals surface area contributed by atoms with Crippen LogP contribution in [0.1, 0.15) is 11.1 Å². The Labute approximate surface area is 132 Å². The third kappa shape index (κ3) is 3.55. The van der Waals surface area contributed by atoms with Crippen molar-refractivity contribution in [2.24, 2.45) is 0 Å². The van der Waals surface area contributed by atoms with Crippen LogP contribution in [0.4, 0.5) is 4.39 Å². The molecule has 0 aliphatic heterocycles. The van der Waals surface area contributed by atoms with Crippen molar-refractivity contribution in [2.75, 3.05) is 13.2 Å². The molecule has 0 saturated carbocycles. The Morgan fingerprint density at radius 1 is 0.952 bits per heavy atom. The van der Waals surface area contributed by atoms with Crippen LogP contribution in [0.5, 0.6) is 0 Å². The molecule has 0 aliphatic rings. The quantitative estimate of drug-likeness (QED) is 0.880. The molecule has 0 atom stereocenters. The van der Waals surface area contributed by atoms with E-state index in [1.54, 1.807) is 30.3 Å². The standard InChI is InChI=1S/C16H15Cl2FO2/c17-13-4-2-12(3-5-13)16(9-20,10-21)8-11-1-6-15(19)14(18)7-11/h1-7,20-21H,8-10H2. The minimum Gasteiger partial charge on any atom is -0.395 e. The molecule has 2 N–H and O–H groups in total. The fourth-order valence-corrected chi connectivity index (χ4v) is 2.62. The second-order valence-electron chi connectivity index (χ2n) is 5.03. The highest BCUT2D eigenvalue weighted by Crippen LogP contribution is 2.30. The molecule has 2 rings (SSSR count). The van der Waals surface area contributed by atoms with Gasteiger partial charge in [-0.3, -0.25) is 0 Å². The third-order valence-electron chi connectivity index (χ3n) is 3.59. The Balaban J connectivity index is 2.37. The van der Waals surface area contributed by atoms with Gasteiger partial charge in [0.05, 0.1) is 18.2 Å². The van der Waals surface area contributed by atoms with Crippen LogP contribution >= 0.6 is 23.2 Å². The van der Waals surface area contributed by atoms with Crippen molar-refractivity contribution in [1.29, 1.82) is 0 Å². The van der Waals surface area contributed by atoms with E-state index in [0.717, 1.165) is 11.1 Å². The predicted octanol–water partition coefficient (Wildman–Crippen LogP) is 3.60. The smallest absolute Gasteiger partial charge is 0.141 e. The van der Waals surface area contributed by atoms with E-state index >= 15 is 0 Å². The monoisotopic (exact) mass is 328 g/mol. The highest BCUT2D eigenvalue weighted by atomic mass is 35.5. The lowest BCUT2D eigenvalue weighted by Gasteiger charge is -2.30. The Morgan fingerprint density at radius 2 is 1.57 bits per heavy atom. The van der Waals surface area contributed by atoms with E-state index in [4.69, 9.17) is 23.2 Å². The van der Waals surface area contributed by atoms with Crippen molar-refractivity contribution in [2.45, 2.75) is 11.8 Å². The van der Waals surface area contributed by atoms with Gasteiger partial charge in [-0.05, 0) is 41.8 Å². The summed E-state index contributed by atoms with van der Waals surface area (Å²) in [5, 5.41) is 20.2. The maximum absolute atomic E-state index is 13.2. The van der Waals surface area contributed by atoms with Crippen molar-refractivity contribution in [3.05, 3.63) is 69.5 Å². The highest BCUT2D eigenvalue weighted by Gasteiger charge is 2.31. The van der Waals surface area contributed by atoms with E-state index < -0.39 is 11.2 Å². The minimum absolute atomic E-state index is 0.0217.